The molecule has 2 bridgehead atoms. The molecule has 3 atom stereocenters. The molecule has 0 aliphatic carbocycles. The Morgan fingerprint density at radius 3 is 2.91 bits per heavy atom. The summed E-state index contributed by atoms with van der Waals surface area (Å²) in [7, 11) is 0. The fraction of sp³-hybridized carbons (Fsp3) is 0.500. The SMILES string of the molecule is Cc1ccc2sc(C(=O)N[C@@H]3C4CCN(C4)C3(C)C)cc2c1. The molecule has 0 spiro atoms. The average Bonchev–Trinajstić information content (AvgIpc) is 3.14. The number of nitrogens with one attached hydrogen (secondary N) is 1. The third kappa shape index (κ3) is 2.09. The Hall–Kier alpha value is -1.39. The number of carbonyl (C=O) groups is 1. The van der Waals surface area contributed by atoms with E-state index in [4.69, 9.17) is 0 Å². The first-order valence-electron chi connectivity index (χ1n) is 8.01. The van der Waals surface area contributed by atoms with Crippen molar-refractivity contribution in [3.05, 3.63) is 34.7 Å². The van der Waals surface area contributed by atoms with Gasteiger partial charge in [0.1, 0.15) is 0 Å². The summed E-state index contributed by atoms with van der Waals surface area (Å²) in [6.07, 6.45) is 1.21. The minimum Gasteiger partial charge on any atom is -0.346 e. The third-order valence-electron chi connectivity index (χ3n) is 5.45. The fourth-order valence-corrected chi connectivity index (χ4v) is 5.08. The van der Waals surface area contributed by atoms with Gasteiger partial charge in [0, 0.05) is 16.8 Å². The van der Waals surface area contributed by atoms with E-state index >= 15 is 0 Å². The number of thiophene rings is 1. The summed E-state index contributed by atoms with van der Waals surface area (Å²) >= 11 is 1.59. The lowest BCUT2D eigenvalue weighted by molar-refractivity contribution is 0.0839. The van der Waals surface area contributed by atoms with Crippen LogP contribution in [0.25, 0.3) is 10.1 Å². The van der Waals surface area contributed by atoms with Crippen molar-refractivity contribution >= 4 is 27.3 Å². The maximum Gasteiger partial charge on any atom is 0.261 e. The van der Waals surface area contributed by atoms with E-state index in [-0.39, 0.29) is 17.5 Å². The number of piperidine rings is 1. The lowest BCUT2D eigenvalue weighted by Gasteiger charge is -2.40. The predicted molar refractivity (Wildman–Crippen MR) is 91.6 cm³/mol. The number of amides is 1. The first kappa shape index (κ1) is 14.2. The molecular formula is C18H22N2OS. The standard InChI is InChI=1S/C18H22N2OS/c1-11-4-5-14-13(8-11)9-15(22-14)17(21)19-16-12-6-7-20(10-12)18(16,2)3/h4-5,8-9,12,16H,6-7,10H2,1-3H3,(H,19,21)/t12?,16-/m1/s1. The van der Waals surface area contributed by atoms with Crippen LogP contribution in [-0.2, 0) is 0 Å². The number of fused-ring (bicyclic) bond motifs is 3. The van der Waals surface area contributed by atoms with Crippen molar-refractivity contribution in [1.82, 2.24) is 10.2 Å². The Labute approximate surface area is 135 Å². The summed E-state index contributed by atoms with van der Waals surface area (Å²) < 4.78 is 1.19. The molecule has 2 aromatic rings. The van der Waals surface area contributed by atoms with Gasteiger partial charge in [-0.3, -0.25) is 9.69 Å². The zero-order chi connectivity index (χ0) is 15.5. The number of rotatable bonds is 2. The second-order valence-corrected chi connectivity index (χ2v) is 8.34. The molecule has 4 rings (SSSR count). The molecule has 22 heavy (non-hydrogen) atoms. The highest BCUT2D eigenvalue weighted by molar-refractivity contribution is 7.20. The highest BCUT2D eigenvalue weighted by atomic mass is 32.1. The molecule has 3 nitrogen and oxygen atoms in total. The van der Waals surface area contributed by atoms with Crippen LogP contribution in [0, 0.1) is 12.8 Å². The minimum atomic E-state index is 0.0752. The summed E-state index contributed by atoms with van der Waals surface area (Å²) in [6, 6.07) is 8.66. The van der Waals surface area contributed by atoms with Crippen LogP contribution >= 0.6 is 11.3 Å². The van der Waals surface area contributed by atoms with E-state index in [9.17, 15) is 4.79 Å². The monoisotopic (exact) mass is 314 g/mol. The summed E-state index contributed by atoms with van der Waals surface area (Å²) in [5.41, 5.74) is 1.31. The number of carbonyl (C=O) groups excluding carboxylic acids is 1. The minimum absolute atomic E-state index is 0.0752. The first-order chi connectivity index (χ1) is 10.4. The van der Waals surface area contributed by atoms with Crippen LogP contribution in [0.2, 0.25) is 0 Å². The van der Waals surface area contributed by atoms with Gasteiger partial charge in [0.15, 0.2) is 0 Å². The van der Waals surface area contributed by atoms with Gasteiger partial charge < -0.3 is 5.32 Å². The molecule has 116 valence electrons. The van der Waals surface area contributed by atoms with Gasteiger partial charge in [-0.05, 0) is 57.2 Å². The summed E-state index contributed by atoms with van der Waals surface area (Å²) in [6.45, 7) is 8.90. The molecule has 1 aromatic carbocycles. The maximum atomic E-state index is 12.7. The number of aryl methyl sites for hydroxylation is 1. The molecule has 0 saturated carbocycles. The third-order valence-corrected chi connectivity index (χ3v) is 6.57. The summed E-state index contributed by atoms with van der Waals surface area (Å²) in [5.74, 6) is 0.696. The van der Waals surface area contributed by atoms with E-state index in [2.05, 4.69) is 49.2 Å². The molecule has 2 unspecified atom stereocenters. The first-order valence-corrected chi connectivity index (χ1v) is 8.83. The molecule has 1 aromatic heterocycles. The van der Waals surface area contributed by atoms with Crippen molar-refractivity contribution in [2.45, 2.75) is 38.8 Å². The zero-order valence-corrected chi connectivity index (χ0v) is 14.2. The van der Waals surface area contributed by atoms with Crippen LogP contribution in [0.3, 0.4) is 0 Å². The lowest BCUT2D eigenvalue weighted by Crippen LogP contribution is -2.56. The quantitative estimate of drug-likeness (QED) is 0.921. The smallest absolute Gasteiger partial charge is 0.261 e. The topological polar surface area (TPSA) is 32.3 Å². The molecule has 2 aliphatic rings. The fourth-order valence-electron chi connectivity index (χ4n) is 4.14. The average molecular weight is 314 g/mol. The van der Waals surface area contributed by atoms with E-state index in [1.165, 1.54) is 28.6 Å². The molecular weight excluding hydrogens is 292 g/mol. The summed E-state index contributed by atoms with van der Waals surface area (Å²) in [4.78, 5) is 16.0. The van der Waals surface area contributed by atoms with Crippen LogP contribution in [0.1, 0.15) is 35.5 Å². The molecule has 1 amide bonds. The highest BCUT2D eigenvalue weighted by Gasteiger charge is 2.51. The van der Waals surface area contributed by atoms with E-state index in [1.807, 2.05) is 6.07 Å². The molecule has 2 saturated heterocycles. The molecule has 2 fully saturated rings. The van der Waals surface area contributed by atoms with Gasteiger partial charge >= 0.3 is 0 Å². The number of benzene rings is 1. The molecule has 4 heteroatoms. The Morgan fingerprint density at radius 2 is 2.18 bits per heavy atom. The van der Waals surface area contributed by atoms with Crippen LogP contribution in [0.5, 0.6) is 0 Å². The van der Waals surface area contributed by atoms with Crippen LogP contribution < -0.4 is 5.32 Å². The van der Waals surface area contributed by atoms with Crippen molar-refractivity contribution in [2.24, 2.45) is 5.92 Å². The van der Waals surface area contributed by atoms with Crippen molar-refractivity contribution in [1.29, 1.82) is 0 Å². The van der Waals surface area contributed by atoms with Crippen LogP contribution in [0.4, 0.5) is 0 Å². The Kier molecular flexibility index (Phi) is 3.10. The molecule has 1 N–H and O–H groups in total. The predicted octanol–water partition coefficient (Wildman–Crippen LogP) is 3.42. The van der Waals surface area contributed by atoms with Gasteiger partial charge in [-0.1, -0.05) is 17.7 Å². The Morgan fingerprint density at radius 1 is 1.36 bits per heavy atom. The Bertz CT molecular complexity index is 749. The lowest BCUT2D eigenvalue weighted by atomic mass is 9.85. The highest BCUT2D eigenvalue weighted by Crippen LogP contribution is 2.40. The van der Waals surface area contributed by atoms with Gasteiger partial charge in [0.25, 0.3) is 5.91 Å². The van der Waals surface area contributed by atoms with Gasteiger partial charge in [0.2, 0.25) is 0 Å². The largest absolute Gasteiger partial charge is 0.346 e. The van der Waals surface area contributed by atoms with Crippen molar-refractivity contribution in [3.8, 4) is 0 Å². The Balaban J connectivity index is 1.59. The second-order valence-electron chi connectivity index (χ2n) is 7.25. The van der Waals surface area contributed by atoms with Crippen molar-refractivity contribution in [3.63, 3.8) is 0 Å². The van der Waals surface area contributed by atoms with Gasteiger partial charge in [-0.2, -0.15) is 0 Å². The van der Waals surface area contributed by atoms with E-state index in [0.29, 0.717) is 5.92 Å². The van der Waals surface area contributed by atoms with Crippen molar-refractivity contribution in [2.75, 3.05) is 13.1 Å². The van der Waals surface area contributed by atoms with Crippen LogP contribution in [-0.4, -0.2) is 35.5 Å². The van der Waals surface area contributed by atoms with Crippen molar-refractivity contribution < 1.29 is 4.79 Å². The second kappa shape index (κ2) is 4.80. The van der Waals surface area contributed by atoms with E-state index < -0.39 is 0 Å². The zero-order valence-electron chi connectivity index (χ0n) is 13.3. The number of hydrogen-bond donors (Lipinski definition) is 1. The normalized spacial score (nSPS) is 29.1. The maximum absolute atomic E-state index is 12.7. The molecule has 0 radical (unpaired) electrons. The summed E-state index contributed by atoms with van der Waals surface area (Å²) in [5, 5.41) is 4.49. The van der Waals surface area contributed by atoms with Gasteiger partial charge in [-0.15, -0.1) is 11.3 Å². The molecule has 3 heterocycles. The molecule has 2 aliphatic heterocycles. The van der Waals surface area contributed by atoms with Gasteiger partial charge in [0.05, 0.1) is 10.9 Å². The van der Waals surface area contributed by atoms with E-state index in [1.54, 1.807) is 11.3 Å². The number of hydrogen-bond acceptors (Lipinski definition) is 3. The number of nitrogens with zero attached hydrogens (tertiary/aromatic N) is 1. The van der Waals surface area contributed by atoms with Crippen LogP contribution in [0.15, 0.2) is 24.3 Å². The van der Waals surface area contributed by atoms with E-state index in [0.717, 1.165) is 11.4 Å². The van der Waals surface area contributed by atoms with Gasteiger partial charge in [-0.25, -0.2) is 0 Å².